The fourth-order valence-electron chi connectivity index (χ4n) is 1.93. The van der Waals surface area contributed by atoms with Gasteiger partial charge in [-0.3, -0.25) is 4.79 Å². The van der Waals surface area contributed by atoms with Crippen molar-refractivity contribution in [3.05, 3.63) is 35.1 Å². The van der Waals surface area contributed by atoms with E-state index in [1.54, 1.807) is 13.8 Å². The minimum Gasteiger partial charge on any atom is -0.479 e. The smallest absolute Gasteiger partial charge is 0.331 e. The number of amides is 1. The Morgan fingerprint density at radius 3 is 2.50 bits per heavy atom. The number of benzene rings is 1. The number of carbonyl (C=O) groups is 2. The molecule has 0 saturated heterocycles. The SMILES string of the molecule is CCN(C(C)=O)C(C(=O)O)c1cc(F)ccc1C. The van der Waals surface area contributed by atoms with Crippen molar-refractivity contribution in [1.29, 1.82) is 0 Å². The average molecular weight is 253 g/mol. The molecule has 5 heteroatoms. The second kappa shape index (κ2) is 5.62. The third kappa shape index (κ3) is 2.85. The molecule has 0 aromatic heterocycles. The van der Waals surface area contributed by atoms with Crippen molar-refractivity contribution in [2.24, 2.45) is 0 Å². The number of hydrogen-bond acceptors (Lipinski definition) is 2. The molecule has 0 aliphatic heterocycles. The van der Waals surface area contributed by atoms with E-state index in [9.17, 15) is 19.1 Å². The van der Waals surface area contributed by atoms with Crippen LogP contribution in [0.4, 0.5) is 4.39 Å². The molecule has 0 fully saturated rings. The van der Waals surface area contributed by atoms with Crippen molar-refractivity contribution in [3.63, 3.8) is 0 Å². The maximum absolute atomic E-state index is 13.2. The van der Waals surface area contributed by atoms with Gasteiger partial charge >= 0.3 is 5.97 Å². The van der Waals surface area contributed by atoms with Gasteiger partial charge in [0.2, 0.25) is 5.91 Å². The molecule has 1 N–H and O–H groups in total. The van der Waals surface area contributed by atoms with Crippen molar-refractivity contribution in [1.82, 2.24) is 4.90 Å². The Labute approximate surface area is 105 Å². The van der Waals surface area contributed by atoms with Gasteiger partial charge in [-0.1, -0.05) is 6.07 Å². The van der Waals surface area contributed by atoms with Crippen LogP contribution in [0.5, 0.6) is 0 Å². The molecule has 0 saturated carbocycles. The molecule has 0 aliphatic carbocycles. The van der Waals surface area contributed by atoms with Crippen LogP contribution >= 0.6 is 0 Å². The summed E-state index contributed by atoms with van der Waals surface area (Å²) >= 11 is 0. The van der Waals surface area contributed by atoms with Gasteiger partial charge in [-0.2, -0.15) is 0 Å². The van der Waals surface area contributed by atoms with E-state index in [-0.39, 0.29) is 12.5 Å². The molecular weight excluding hydrogens is 237 g/mol. The molecule has 0 spiro atoms. The number of hydrogen-bond donors (Lipinski definition) is 1. The first-order chi connectivity index (χ1) is 8.38. The second-order valence-electron chi connectivity index (χ2n) is 4.05. The van der Waals surface area contributed by atoms with Crippen molar-refractivity contribution in [2.75, 3.05) is 6.54 Å². The number of carboxylic acids is 1. The molecule has 18 heavy (non-hydrogen) atoms. The second-order valence-corrected chi connectivity index (χ2v) is 4.05. The molecule has 0 heterocycles. The lowest BCUT2D eigenvalue weighted by molar-refractivity contribution is -0.149. The number of rotatable bonds is 4. The predicted octanol–water partition coefficient (Wildman–Crippen LogP) is 2.13. The van der Waals surface area contributed by atoms with Gasteiger partial charge in [-0.05, 0) is 37.1 Å². The molecule has 0 radical (unpaired) electrons. The van der Waals surface area contributed by atoms with Gasteiger partial charge in [0.15, 0.2) is 6.04 Å². The monoisotopic (exact) mass is 253 g/mol. The summed E-state index contributed by atoms with van der Waals surface area (Å²) in [6.45, 7) is 4.93. The van der Waals surface area contributed by atoms with Crippen molar-refractivity contribution >= 4 is 11.9 Å². The molecule has 0 aliphatic rings. The molecule has 0 bridgehead atoms. The number of carboxylic acid groups (broad SMARTS) is 1. The van der Waals surface area contributed by atoms with Crippen LogP contribution in [-0.4, -0.2) is 28.4 Å². The van der Waals surface area contributed by atoms with Gasteiger partial charge in [0, 0.05) is 13.5 Å². The number of carbonyl (C=O) groups excluding carboxylic acids is 1. The van der Waals surface area contributed by atoms with Crippen LogP contribution < -0.4 is 0 Å². The van der Waals surface area contributed by atoms with E-state index in [0.717, 1.165) is 0 Å². The van der Waals surface area contributed by atoms with Crippen LogP contribution in [0.3, 0.4) is 0 Å². The highest BCUT2D eigenvalue weighted by molar-refractivity contribution is 5.83. The molecule has 1 atom stereocenters. The van der Waals surface area contributed by atoms with E-state index in [2.05, 4.69) is 0 Å². The number of nitrogens with zero attached hydrogens (tertiary/aromatic N) is 1. The Morgan fingerprint density at radius 2 is 2.06 bits per heavy atom. The van der Waals surface area contributed by atoms with Crippen LogP contribution in [0.1, 0.15) is 31.0 Å². The van der Waals surface area contributed by atoms with Gasteiger partial charge in [0.05, 0.1) is 0 Å². The predicted molar refractivity (Wildman–Crippen MR) is 64.6 cm³/mol. The highest BCUT2D eigenvalue weighted by Gasteiger charge is 2.29. The number of halogens is 1. The van der Waals surface area contributed by atoms with Crippen LogP contribution in [0.2, 0.25) is 0 Å². The summed E-state index contributed by atoms with van der Waals surface area (Å²) in [6, 6.07) is 2.79. The maximum atomic E-state index is 13.2. The van der Waals surface area contributed by atoms with E-state index in [1.807, 2.05) is 0 Å². The van der Waals surface area contributed by atoms with E-state index < -0.39 is 17.8 Å². The Bertz CT molecular complexity index is 473. The fraction of sp³-hybridized carbons (Fsp3) is 0.385. The molecule has 4 nitrogen and oxygen atoms in total. The fourth-order valence-corrected chi connectivity index (χ4v) is 1.93. The third-order valence-corrected chi connectivity index (χ3v) is 2.83. The first-order valence-corrected chi connectivity index (χ1v) is 5.64. The van der Waals surface area contributed by atoms with Gasteiger partial charge in [-0.25, -0.2) is 9.18 Å². The highest BCUT2D eigenvalue weighted by atomic mass is 19.1. The third-order valence-electron chi connectivity index (χ3n) is 2.83. The van der Waals surface area contributed by atoms with Crippen LogP contribution in [0.15, 0.2) is 18.2 Å². The topological polar surface area (TPSA) is 57.6 Å². The Morgan fingerprint density at radius 1 is 1.44 bits per heavy atom. The molecular formula is C13H16FNO3. The maximum Gasteiger partial charge on any atom is 0.331 e. The lowest BCUT2D eigenvalue weighted by Gasteiger charge is -2.28. The molecule has 1 aromatic rings. The zero-order valence-corrected chi connectivity index (χ0v) is 10.6. The first kappa shape index (κ1) is 14.2. The van der Waals surface area contributed by atoms with E-state index in [4.69, 9.17) is 0 Å². The lowest BCUT2D eigenvalue weighted by Crippen LogP contribution is -2.37. The first-order valence-electron chi connectivity index (χ1n) is 5.64. The molecule has 1 unspecified atom stereocenters. The minimum atomic E-state index is -1.17. The summed E-state index contributed by atoms with van der Waals surface area (Å²) in [5, 5.41) is 9.28. The van der Waals surface area contributed by atoms with Crippen LogP contribution in [0, 0.1) is 12.7 Å². The minimum absolute atomic E-state index is 0.252. The Balaban J connectivity index is 3.31. The van der Waals surface area contributed by atoms with E-state index >= 15 is 0 Å². The summed E-state index contributed by atoms with van der Waals surface area (Å²) in [7, 11) is 0. The highest BCUT2D eigenvalue weighted by Crippen LogP contribution is 2.25. The van der Waals surface area contributed by atoms with Crippen molar-refractivity contribution in [2.45, 2.75) is 26.8 Å². The summed E-state index contributed by atoms with van der Waals surface area (Å²) in [4.78, 5) is 24.0. The average Bonchev–Trinajstić information content (AvgIpc) is 2.28. The van der Waals surface area contributed by atoms with Crippen LogP contribution in [-0.2, 0) is 9.59 Å². The quantitative estimate of drug-likeness (QED) is 0.894. The molecule has 1 aromatic carbocycles. The van der Waals surface area contributed by atoms with Gasteiger partial charge in [0.25, 0.3) is 0 Å². The van der Waals surface area contributed by atoms with Crippen LogP contribution in [0.25, 0.3) is 0 Å². The van der Waals surface area contributed by atoms with E-state index in [1.165, 1.54) is 30.0 Å². The largest absolute Gasteiger partial charge is 0.479 e. The number of likely N-dealkylation sites (N-methyl/N-ethyl adjacent to an activating group) is 1. The van der Waals surface area contributed by atoms with Crippen molar-refractivity contribution in [3.8, 4) is 0 Å². The zero-order valence-electron chi connectivity index (χ0n) is 10.6. The van der Waals surface area contributed by atoms with Gasteiger partial charge < -0.3 is 10.0 Å². The molecule has 1 amide bonds. The Hall–Kier alpha value is -1.91. The molecule has 1 rings (SSSR count). The number of aliphatic carboxylic acids is 1. The lowest BCUT2D eigenvalue weighted by atomic mass is 9.99. The van der Waals surface area contributed by atoms with E-state index in [0.29, 0.717) is 11.1 Å². The molecule has 98 valence electrons. The normalized spacial score (nSPS) is 12.0. The standard InChI is InChI=1S/C13H16FNO3/c1-4-15(9(3)16)12(13(17)18)11-7-10(14)6-5-8(11)2/h5-7,12H,4H2,1-3H3,(H,17,18). The van der Waals surface area contributed by atoms with Gasteiger partial charge in [-0.15, -0.1) is 0 Å². The number of aryl methyl sites for hydroxylation is 1. The summed E-state index contributed by atoms with van der Waals surface area (Å²) in [6.07, 6.45) is 0. The summed E-state index contributed by atoms with van der Waals surface area (Å²) in [5.74, 6) is -2.03. The summed E-state index contributed by atoms with van der Waals surface area (Å²) in [5.41, 5.74) is 0.947. The van der Waals surface area contributed by atoms with Gasteiger partial charge in [0.1, 0.15) is 5.82 Å². The Kier molecular flexibility index (Phi) is 4.42. The van der Waals surface area contributed by atoms with Crippen molar-refractivity contribution < 1.29 is 19.1 Å². The summed E-state index contributed by atoms with van der Waals surface area (Å²) < 4.78 is 13.2. The zero-order chi connectivity index (χ0) is 13.9.